The maximum Gasteiger partial charge on any atom is 0.319 e. The fourth-order valence-electron chi connectivity index (χ4n) is 2.42. The van der Waals surface area contributed by atoms with E-state index in [2.05, 4.69) is 20.8 Å². The molecule has 3 rings (SSSR count). The minimum Gasteiger partial charge on any atom is -0.484 e. The van der Waals surface area contributed by atoms with Crippen molar-refractivity contribution in [3.8, 4) is 5.75 Å². The van der Waals surface area contributed by atoms with E-state index in [1.54, 1.807) is 36.1 Å². The number of nitrogens with one attached hydrogen (secondary N) is 2. The van der Waals surface area contributed by atoms with E-state index < -0.39 is 6.03 Å². The molecule has 2 N–H and O–H groups in total. The number of urea groups is 1. The predicted molar refractivity (Wildman–Crippen MR) is 94.2 cm³/mol. The van der Waals surface area contributed by atoms with Gasteiger partial charge in [-0.15, -0.1) is 10.2 Å². The van der Waals surface area contributed by atoms with Crippen LogP contribution >= 0.6 is 0 Å². The van der Waals surface area contributed by atoms with E-state index in [9.17, 15) is 9.59 Å². The summed E-state index contributed by atoms with van der Waals surface area (Å²) in [5.74, 6) is 1.24. The van der Waals surface area contributed by atoms with Gasteiger partial charge in [0.05, 0.1) is 19.8 Å². The molecule has 0 aliphatic carbocycles. The summed E-state index contributed by atoms with van der Waals surface area (Å²) in [5.41, 5.74) is 0.584. The molecule has 1 aromatic carbocycles. The van der Waals surface area contributed by atoms with E-state index in [0.29, 0.717) is 49.5 Å². The molecule has 1 saturated heterocycles. The van der Waals surface area contributed by atoms with Crippen molar-refractivity contribution in [2.75, 3.05) is 38.2 Å². The first-order valence-corrected chi connectivity index (χ1v) is 8.52. The molecule has 2 heterocycles. The van der Waals surface area contributed by atoms with Crippen LogP contribution in [0, 0.1) is 6.92 Å². The molecular weight excluding hydrogens is 354 g/mol. The van der Waals surface area contributed by atoms with Gasteiger partial charge in [-0.05, 0) is 24.3 Å². The Labute approximate surface area is 155 Å². The number of hydrogen-bond acceptors (Lipinski definition) is 7. The second-order valence-electron chi connectivity index (χ2n) is 5.83. The molecule has 0 unspecified atom stereocenters. The summed E-state index contributed by atoms with van der Waals surface area (Å²) >= 11 is 0. The summed E-state index contributed by atoms with van der Waals surface area (Å²) in [7, 11) is 0. The van der Waals surface area contributed by atoms with E-state index in [-0.39, 0.29) is 19.1 Å². The van der Waals surface area contributed by atoms with Crippen LogP contribution in [0.3, 0.4) is 0 Å². The number of morpholine rings is 1. The SMILES string of the molecule is Cc1nnc(CNC(=O)Nc2ccc(OCC(=O)N3CCOCC3)cc2)o1. The highest BCUT2D eigenvalue weighted by atomic mass is 16.5. The predicted octanol–water partition coefficient (Wildman–Crippen LogP) is 0.937. The standard InChI is InChI=1S/C17H21N5O5/c1-12-20-21-15(27-12)10-18-17(24)19-13-2-4-14(5-3-13)26-11-16(23)22-6-8-25-9-7-22/h2-5H,6-11H2,1H3,(H2,18,19,24). The van der Waals surface area contributed by atoms with E-state index in [0.717, 1.165) is 0 Å². The van der Waals surface area contributed by atoms with Crippen molar-refractivity contribution < 1.29 is 23.5 Å². The second-order valence-corrected chi connectivity index (χ2v) is 5.83. The maximum absolute atomic E-state index is 12.0. The first kappa shape index (κ1) is 18.6. The highest BCUT2D eigenvalue weighted by molar-refractivity contribution is 5.89. The third-order valence-electron chi connectivity index (χ3n) is 3.81. The van der Waals surface area contributed by atoms with Crippen LogP contribution in [-0.4, -0.2) is 59.9 Å². The van der Waals surface area contributed by atoms with Crippen LogP contribution in [0.25, 0.3) is 0 Å². The third kappa shape index (κ3) is 5.68. The lowest BCUT2D eigenvalue weighted by Crippen LogP contribution is -2.42. The van der Waals surface area contributed by atoms with Gasteiger partial charge in [-0.25, -0.2) is 4.79 Å². The van der Waals surface area contributed by atoms with Crippen molar-refractivity contribution in [3.05, 3.63) is 36.0 Å². The van der Waals surface area contributed by atoms with Crippen molar-refractivity contribution in [3.63, 3.8) is 0 Å². The van der Waals surface area contributed by atoms with Crippen LogP contribution in [-0.2, 0) is 16.1 Å². The highest BCUT2D eigenvalue weighted by Crippen LogP contribution is 2.16. The molecule has 10 nitrogen and oxygen atoms in total. The Bertz CT molecular complexity index is 770. The smallest absolute Gasteiger partial charge is 0.319 e. The molecule has 0 spiro atoms. The van der Waals surface area contributed by atoms with Crippen molar-refractivity contribution in [1.29, 1.82) is 0 Å². The van der Waals surface area contributed by atoms with Gasteiger partial charge in [0, 0.05) is 25.7 Å². The van der Waals surface area contributed by atoms with Crippen molar-refractivity contribution >= 4 is 17.6 Å². The summed E-state index contributed by atoms with van der Waals surface area (Å²) in [6.45, 7) is 4.07. The van der Waals surface area contributed by atoms with Gasteiger partial charge in [-0.1, -0.05) is 0 Å². The molecule has 1 aliphatic heterocycles. The average molecular weight is 375 g/mol. The summed E-state index contributed by atoms with van der Waals surface area (Å²) in [6, 6.07) is 6.34. The van der Waals surface area contributed by atoms with Crippen molar-refractivity contribution in [2.45, 2.75) is 13.5 Å². The number of rotatable bonds is 6. The second kappa shape index (κ2) is 8.99. The summed E-state index contributed by atoms with van der Waals surface area (Å²) in [6.07, 6.45) is 0. The normalized spacial score (nSPS) is 13.9. The topological polar surface area (TPSA) is 119 Å². The molecular formula is C17H21N5O5. The fourth-order valence-corrected chi connectivity index (χ4v) is 2.42. The molecule has 2 aromatic rings. The molecule has 0 saturated carbocycles. The third-order valence-corrected chi connectivity index (χ3v) is 3.81. The van der Waals surface area contributed by atoms with Gasteiger partial charge >= 0.3 is 6.03 Å². The Morgan fingerprint density at radius 1 is 1.19 bits per heavy atom. The molecule has 3 amide bonds. The Balaban J connectivity index is 1.41. The number of aromatic nitrogens is 2. The monoisotopic (exact) mass is 375 g/mol. The largest absolute Gasteiger partial charge is 0.484 e. The first-order chi connectivity index (χ1) is 13.1. The minimum atomic E-state index is -0.401. The first-order valence-electron chi connectivity index (χ1n) is 8.52. The molecule has 144 valence electrons. The lowest BCUT2D eigenvalue weighted by atomic mass is 10.3. The maximum atomic E-state index is 12.0. The van der Waals surface area contributed by atoms with Crippen LogP contribution in [0.15, 0.2) is 28.7 Å². The van der Waals surface area contributed by atoms with Gasteiger partial charge in [-0.3, -0.25) is 4.79 Å². The van der Waals surface area contributed by atoms with Gasteiger partial charge in [0.2, 0.25) is 11.8 Å². The molecule has 0 atom stereocenters. The zero-order chi connectivity index (χ0) is 19.1. The fraction of sp³-hybridized carbons (Fsp3) is 0.412. The highest BCUT2D eigenvalue weighted by Gasteiger charge is 2.17. The van der Waals surface area contributed by atoms with Gasteiger partial charge in [0.1, 0.15) is 5.75 Å². The van der Waals surface area contributed by atoms with Gasteiger partial charge in [0.25, 0.3) is 5.91 Å². The summed E-state index contributed by atoms with van der Waals surface area (Å²) < 4.78 is 15.9. The molecule has 27 heavy (non-hydrogen) atoms. The summed E-state index contributed by atoms with van der Waals surface area (Å²) in [5, 5.41) is 12.8. The Morgan fingerprint density at radius 2 is 1.93 bits per heavy atom. The average Bonchev–Trinajstić information content (AvgIpc) is 3.11. The number of amides is 3. The Morgan fingerprint density at radius 3 is 2.59 bits per heavy atom. The quantitative estimate of drug-likeness (QED) is 0.771. The van der Waals surface area contributed by atoms with Gasteiger partial charge in [0.15, 0.2) is 6.61 Å². The van der Waals surface area contributed by atoms with Crippen LogP contribution in [0.2, 0.25) is 0 Å². The lowest BCUT2D eigenvalue weighted by Gasteiger charge is -2.26. The van der Waals surface area contributed by atoms with Crippen molar-refractivity contribution in [1.82, 2.24) is 20.4 Å². The molecule has 1 aromatic heterocycles. The van der Waals surface area contributed by atoms with Crippen LogP contribution in [0.5, 0.6) is 5.75 Å². The van der Waals surface area contributed by atoms with E-state index >= 15 is 0 Å². The van der Waals surface area contributed by atoms with Crippen molar-refractivity contribution in [2.24, 2.45) is 0 Å². The number of carbonyl (C=O) groups excluding carboxylic acids is 2. The number of hydrogen-bond donors (Lipinski definition) is 2. The van der Waals surface area contributed by atoms with E-state index in [4.69, 9.17) is 13.9 Å². The summed E-state index contributed by atoms with van der Waals surface area (Å²) in [4.78, 5) is 25.6. The number of anilines is 1. The van der Waals surface area contributed by atoms with Gasteiger partial charge < -0.3 is 29.4 Å². The Kier molecular flexibility index (Phi) is 6.21. The molecule has 1 fully saturated rings. The molecule has 0 bridgehead atoms. The van der Waals surface area contributed by atoms with Gasteiger partial charge in [-0.2, -0.15) is 0 Å². The van der Waals surface area contributed by atoms with Crippen LogP contribution in [0.1, 0.15) is 11.8 Å². The van der Waals surface area contributed by atoms with E-state index in [1.807, 2.05) is 0 Å². The molecule has 1 aliphatic rings. The number of nitrogens with zero attached hydrogens (tertiary/aromatic N) is 3. The molecule has 10 heteroatoms. The number of carbonyl (C=O) groups is 2. The lowest BCUT2D eigenvalue weighted by molar-refractivity contribution is -0.137. The zero-order valence-electron chi connectivity index (χ0n) is 14.9. The minimum absolute atomic E-state index is 0.0309. The number of aryl methyl sites for hydroxylation is 1. The zero-order valence-corrected chi connectivity index (χ0v) is 14.9. The number of benzene rings is 1. The van der Waals surface area contributed by atoms with Crippen LogP contribution in [0.4, 0.5) is 10.5 Å². The van der Waals surface area contributed by atoms with Crippen LogP contribution < -0.4 is 15.4 Å². The Hall–Kier alpha value is -3.14. The molecule has 0 radical (unpaired) electrons. The van der Waals surface area contributed by atoms with E-state index in [1.165, 1.54) is 0 Å². The number of ether oxygens (including phenoxy) is 2.